The first-order chi connectivity index (χ1) is 11.5. The summed E-state index contributed by atoms with van der Waals surface area (Å²) in [5, 5.41) is 11.6. The SMILES string of the molecule is Cc1csc(/C(C#N)=C/NNC(=O)[C@@H](C)Oc2cccc(Br)c2)n1. The molecular formula is C16H15BrN4O2S. The maximum atomic E-state index is 12.0. The molecule has 1 aromatic heterocycles. The summed E-state index contributed by atoms with van der Waals surface area (Å²) in [7, 11) is 0. The van der Waals surface area contributed by atoms with Gasteiger partial charge in [0.1, 0.15) is 22.4 Å². The van der Waals surface area contributed by atoms with Crippen LogP contribution in [-0.2, 0) is 4.79 Å². The number of nitriles is 1. The number of aromatic nitrogens is 1. The molecule has 0 aliphatic carbocycles. The van der Waals surface area contributed by atoms with E-state index in [1.807, 2.05) is 30.5 Å². The second-order valence-corrected chi connectivity index (χ2v) is 6.59. The summed E-state index contributed by atoms with van der Waals surface area (Å²) in [4.78, 5) is 16.2. The van der Waals surface area contributed by atoms with E-state index >= 15 is 0 Å². The maximum absolute atomic E-state index is 12.0. The minimum atomic E-state index is -0.701. The Balaban J connectivity index is 1.90. The Hall–Kier alpha value is -2.37. The summed E-state index contributed by atoms with van der Waals surface area (Å²) in [6, 6.07) is 9.27. The first-order valence-corrected chi connectivity index (χ1v) is 8.67. The molecule has 0 saturated heterocycles. The number of ether oxygens (including phenoxy) is 1. The van der Waals surface area contributed by atoms with Gasteiger partial charge in [0.25, 0.3) is 5.91 Å². The van der Waals surface area contributed by atoms with Crippen LogP contribution < -0.4 is 15.6 Å². The number of hydrazine groups is 1. The van der Waals surface area contributed by atoms with Gasteiger partial charge in [0.15, 0.2) is 6.10 Å². The van der Waals surface area contributed by atoms with Crippen LogP contribution in [0.4, 0.5) is 0 Å². The molecule has 0 radical (unpaired) electrons. The van der Waals surface area contributed by atoms with Crippen LogP contribution >= 0.6 is 27.3 Å². The summed E-state index contributed by atoms with van der Waals surface area (Å²) in [6.07, 6.45) is 0.704. The zero-order chi connectivity index (χ0) is 17.5. The van der Waals surface area contributed by atoms with Gasteiger partial charge in [-0.3, -0.25) is 10.2 Å². The van der Waals surface area contributed by atoms with Crippen molar-refractivity contribution in [2.75, 3.05) is 0 Å². The first-order valence-electron chi connectivity index (χ1n) is 7.00. The molecule has 1 aromatic carbocycles. The van der Waals surface area contributed by atoms with E-state index in [1.165, 1.54) is 17.5 Å². The van der Waals surface area contributed by atoms with Gasteiger partial charge >= 0.3 is 0 Å². The van der Waals surface area contributed by atoms with E-state index in [0.717, 1.165) is 10.2 Å². The topological polar surface area (TPSA) is 87.0 Å². The van der Waals surface area contributed by atoms with E-state index in [4.69, 9.17) is 10.00 Å². The Kier molecular flexibility index (Phi) is 6.35. The second-order valence-electron chi connectivity index (χ2n) is 4.81. The molecule has 0 bridgehead atoms. The van der Waals surface area contributed by atoms with E-state index in [1.54, 1.807) is 19.1 Å². The van der Waals surface area contributed by atoms with Crippen molar-refractivity contribution in [2.24, 2.45) is 0 Å². The van der Waals surface area contributed by atoms with Crippen LogP contribution in [0.2, 0.25) is 0 Å². The zero-order valence-corrected chi connectivity index (χ0v) is 15.4. The van der Waals surface area contributed by atoms with Gasteiger partial charge in [-0.2, -0.15) is 5.26 Å². The van der Waals surface area contributed by atoms with Crippen LogP contribution in [0.1, 0.15) is 17.6 Å². The van der Waals surface area contributed by atoms with E-state index in [2.05, 4.69) is 31.8 Å². The lowest BCUT2D eigenvalue weighted by molar-refractivity contribution is -0.128. The van der Waals surface area contributed by atoms with Crippen molar-refractivity contribution < 1.29 is 9.53 Å². The Morgan fingerprint density at radius 3 is 2.96 bits per heavy atom. The second kappa shape index (κ2) is 8.47. The monoisotopic (exact) mass is 406 g/mol. The number of nitrogens with one attached hydrogen (secondary N) is 2. The summed E-state index contributed by atoms with van der Waals surface area (Å²) in [6.45, 7) is 3.49. The minimum absolute atomic E-state index is 0.342. The quantitative estimate of drug-likeness (QED) is 0.568. The average molecular weight is 407 g/mol. The predicted octanol–water partition coefficient (Wildman–Crippen LogP) is 3.17. The molecule has 124 valence electrons. The zero-order valence-electron chi connectivity index (χ0n) is 13.0. The van der Waals surface area contributed by atoms with E-state index < -0.39 is 6.10 Å². The summed E-state index contributed by atoms with van der Waals surface area (Å²) >= 11 is 4.71. The fourth-order valence-electron chi connectivity index (χ4n) is 1.70. The molecule has 2 rings (SSSR count). The first kappa shape index (κ1) is 18.0. The smallest absolute Gasteiger partial charge is 0.279 e. The molecule has 1 atom stereocenters. The predicted molar refractivity (Wildman–Crippen MR) is 96.0 cm³/mol. The number of hydrogen-bond acceptors (Lipinski definition) is 6. The fraction of sp³-hybridized carbons (Fsp3) is 0.188. The Morgan fingerprint density at radius 2 is 2.33 bits per heavy atom. The molecule has 2 N–H and O–H groups in total. The van der Waals surface area contributed by atoms with Gasteiger partial charge in [0, 0.05) is 21.7 Å². The number of halogens is 1. The standard InChI is InChI=1S/C16H15BrN4O2S/c1-10-9-24-16(20-10)12(7-18)8-19-21-15(22)11(2)23-14-5-3-4-13(17)6-14/h3-6,8-9,11,19H,1-2H3,(H,21,22)/b12-8+/t11-/m1/s1. The van der Waals surface area contributed by atoms with Gasteiger partial charge in [0.2, 0.25) is 0 Å². The maximum Gasteiger partial charge on any atom is 0.279 e. The third kappa shape index (κ3) is 5.08. The number of carbonyl (C=O) groups is 1. The Morgan fingerprint density at radius 1 is 1.54 bits per heavy atom. The largest absolute Gasteiger partial charge is 0.481 e. The number of amides is 1. The molecule has 0 aliphatic heterocycles. The van der Waals surface area contributed by atoms with Crippen molar-refractivity contribution >= 4 is 38.7 Å². The van der Waals surface area contributed by atoms with Crippen molar-refractivity contribution in [3.63, 3.8) is 0 Å². The van der Waals surface area contributed by atoms with Crippen LogP contribution in [0.25, 0.3) is 5.57 Å². The average Bonchev–Trinajstić information content (AvgIpc) is 2.97. The van der Waals surface area contributed by atoms with Crippen LogP contribution in [0.5, 0.6) is 5.75 Å². The molecule has 1 heterocycles. The van der Waals surface area contributed by atoms with Crippen LogP contribution in [0.3, 0.4) is 0 Å². The highest BCUT2D eigenvalue weighted by molar-refractivity contribution is 9.10. The highest BCUT2D eigenvalue weighted by atomic mass is 79.9. The highest BCUT2D eigenvalue weighted by Crippen LogP contribution is 2.19. The molecule has 6 nitrogen and oxygen atoms in total. The lowest BCUT2D eigenvalue weighted by Gasteiger charge is -2.14. The van der Waals surface area contributed by atoms with Crippen molar-refractivity contribution in [1.82, 2.24) is 15.8 Å². The van der Waals surface area contributed by atoms with Crippen LogP contribution in [0, 0.1) is 18.3 Å². The lowest BCUT2D eigenvalue weighted by Crippen LogP contribution is -2.42. The summed E-state index contributed by atoms with van der Waals surface area (Å²) < 4.78 is 6.42. The normalized spacial score (nSPS) is 12.2. The summed E-state index contributed by atoms with van der Waals surface area (Å²) in [5.74, 6) is 0.220. The van der Waals surface area contributed by atoms with Crippen molar-refractivity contribution in [3.05, 3.63) is 51.0 Å². The number of rotatable bonds is 6. The molecule has 0 spiro atoms. The van der Waals surface area contributed by atoms with E-state index in [9.17, 15) is 4.79 Å². The molecule has 0 aliphatic rings. The number of thiazole rings is 1. The van der Waals surface area contributed by atoms with Gasteiger partial charge in [0.05, 0.1) is 0 Å². The highest BCUT2D eigenvalue weighted by Gasteiger charge is 2.14. The molecule has 8 heteroatoms. The van der Waals surface area contributed by atoms with Gasteiger partial charge in [-0.25, -0.2) is 4.98 Å². The lowest BCUT2D eigenvalue weighted by atomic mass is 10.3. The number of nitrogens with zero attached hydrogens (tertiary/aromatic N) is 2. The van der Waals surface area contributed by atoms with Crippen LogP contribution in [0.15, 0.2) is 40.3 Å². The molecular weight excluding hydrogens is 392 g/mol. The van der Waals surface area contributed by atoms with Crippen molar-refractivity contribution in [1.29, 1.82) is 5.26 Å². The van der Waals surface area contributed by atoms with E-state index in [-0.39, 0.29) is 5.91 Å². The van der Waals surface area contributed by atoms with Gasteiger partial charge in [-0.15, -0.1) is 11.3 Å². The van der Waals surface area contributed by atoms with Gasteiger partial charge < -0.3 is 10.2 Å². The molecule has 0 saturated carbocycles. The van der Waals surface area contributed by atoms with Gasteiger partial charge in [-0.05, 0) is 32.0 Å². The fourth-order valence-corrected chi connectivity index (χ4v) is 2.84. The van der Waals surface area contributed by atoms with Crippen molar-refractivity contribution in [3.8, 4) is 11.8 Å². The molecule has 2 aromatic rings. The van der Waals surface area contributed by atoms with Crippen LogP contribution in [-0.4, -0.2) is 17.0 Å². The third-order valence-corrected chi connectivity index (χ3v) is 4.35. The summed E-state index contributed by atoms with van der Waals surface area (Å²) in [5.41, 5.74) is 6.28. The number of aryl methyl sites for hydroxylation is 1. The van der Waals surface area contributed by atoms with Crippen molar-refractivity contribution in [2.45, 2.75) is 20.0 Å². The molecule has 0 fully saturated rings. The van der Waals surface area contributed by atoms with E-state index in [0.29, 0.717) is 16.3 Å². The number of allylic oxidation sites excluding steroid dienone is 1. The Bertz CT molecular complexity index is 797. The molecule has 1 amide bonds. The number of hydrogen-bond donors (Lipinski definition) is 2. The Labute approximate surface area is 152 Å². The minimum Gasteiger partial charge on any atom is -0.481 e. The number of benzene rings is 1. The molecule has 24 heavy (non-hydrogen) atoms. The third-order valence-electron chi connectivity index (χ3n) is 2.86. The van der Waals surface area contributed by atoms with Gasteiger partial charge in [-0.1, -0.05) is 22.0 Å². The number of carbonyl (C=O) groups excluding carboxylic acids is 1. The molecule has 0 unspecified atom stereocenters.